The maximum Gasteiger partial charge on any atom is 0.251 e. The molecule has 0 fully saturated rings. The molecule has 0 atom stereocenters. The van der Waals surface area contributed by atoms with Crippen LogP contribution in [0.3, 0.4) is 0 Å². The number of allylic oxidation sites excluding steroid dienone is 1. The lowest BCUT2D eigenvalue weighted by Crippen LogP contribution is -2.27. The van der Waals surface area contributed by atoms with Crippen LogP contribution in [0.4, 0.5) is 0 Å². The molecule has 1 aromatic carbocycles. The standard InChI is InChI=1S/C16H23NO3/c1-6-7-12-8-13(16(18)17-10-11(2)3)9-14(19-4)15(12)20-5/h6,8-9,11H,1,7,10H2,2-5H3,(H,17,18). The number of amides is 1. The minimum Gasteiger partial charge on any atom is -0.493 e. The minimum absolute atomic E-state index is 0.107. The van der Waals surface area contributed by atoms with Gasteiger partial charge in [0.05, 0.1) is 14.2 Å². The Morgan fingerprint density at radius 1 is 1.35 bits per heavy atom. The number of benzene rings is 1. The van der Waals surface area contributed by atoms with Gasteiger partial charge in [-0.1, -0.05) is 19.9 Å². The number of methoxy groups -OCH3 is 2. The molecule has 0 saturated heterocycles. The average Bonchev–Trinajstić information content (AvgIpc) is 2.44. The van der Waals surface area contributed by atoms with Gasteiger partial charge < -0.3 is 14.8 Å². The van der Waals surface area contributed by atoms with Crippen LogP contribution >= 0.6 is 0 Å². The van der Waals surface area contributed by atoms with Crippen molar-refractivity contribution in [3.8, 4) is 11.5 Å². The van der Waals surface area contributed by atoms with Gasteiger partial charge in [0.1, 0.15) is 0 Å². The lowest BCUT2D eigenvalue weighted by molar-refractivity contribution is 0.0948. The van der Waals surface area contributed by atoms with E-state index in [2.05, 4.69) is 25.7 Å². The summed E-state index contributed by atoms with van der Waals surface area (Å²) >= 11 is 0. The van der Waals surface area contributed by atoms with E-state index in [1.807, 2.05) is 6.07 Å². The van der Waals surface area contributed by atoms with E-state index < -0.39 is 0 Å². The number of carbonyl (C=O) groups excluding carboxylic acids is 1. The van der Waals surface area contributed by atoms with E-state index in [-0.39, 0.29) is 5.91 Å². The Morgan fingerprint density at radius 3 is 2.55 bits per heavy atom. The van der Waals surface area contributed by atoms with E-state index in [9.17, 15) is 4.79 Å². The van der Waals surface area contributed by atoms with Crippen molar-refractivity contribution in [2.75, 3.05) is 20.8 Å². The van der Waals surface area contributed by atoms with Gasteiger partial charge >= 0.3 is 0 Å². The van der Waals surface area contributed by atoms with E-state index in [1.54, 1.807) is 26.4 Å². The highest BCUT2D eigenvalue weighted by Gasteiger charge is 2.15. The van der Waals surface area contributed by atoms with Crippen LogP contribution in [0, 0.1) is 5.92 Å². The molecule has 110 valence electrons. The summed E-state index contributed by atoms with van der Waals surface area (Å²) in [6.45, 7) is 8.47. The molecular formula is C16H23NO3. The van der Waals surface area contributed by atoms with Gasteiger partial charge in [-0.2, -0.15) is 0 Å². The van der Waals surface area contributed by atoms with Crippen molar-refractivity contribution in [1.82, 2.24) is 5.32 Å². The first kappa shape index (κ1) is 16.1. The topological polar surface area (TPSA) is 47.6 Å². The Hall–Kier alpha value is -1.97. The maximum atomic E-state index is 12.1. The highest BCUT2D eigenvalue weighted by Crippen LogP contribution is 2.33. The smallest absolute Gasteiger partial charge is 0.251 e. The van der Waals surface area contributed by atoms with E-state index in [1.165, 1.54) is 0 Å². The van der Waals surface area contributed by atoms with E-state index in [0.29, 0.717) is 35.9 Å². The molecule has 0 radical (unpaired) electrons. The van der Waals surface area contributed by atoms with Crippen LogP contribution in [0.25, 0.3) is 0 Å². The Morgan fingerprint density at radius 2 is 2.05 bits per heavy atom. The molecule has 0 aliphatic carbocycles. The zero-order chi connectivity index (χ0) is 15.1. The molecule has 0 spiro atoms. The summed E-state index contributed by atoms with van der Waals surface area (Å²) in [6, 6.07) is 3.51. The molecule has 0 bridgehead atoms. The number of hydrogen-bond donors (Lipinski definition) is 1. The SMILES string of the molecule is C=CCc1cc(C(=O)NCC(C)C)cc(OC)c1OC. The van der Waals surface area contributed by atoms with Crippen molar-refractivity contribution in [3.63, 3.8) is 0 Å². The van der Waals surface area contributed by atoms with Crippen LogP contribution in [0.5, 0.6) is 11.5 Å². The normalized spacial score (nSPS) is 10.2. The minimum atomic E-state index is -0.107. The largest absolute Gasteiger partial charge is 0.493 e. The molecule has 0 aliphatic rings. The van der Waals surface area contributed by atoms with Crippen LogP contribution in [-0.4, -0.2) is 26.7 Å². The van der Waals surface area contributed by atoms with Crippen molar-refractivity contribution in [2.45, 2.75) is 20.3 Å². The summed E-state index contributed by atoms with van der Waals surface area (Å²) in [6.07, 6.45) is 2.39. The van der Waals surface area contributed by atoms with Crippen LogP contribution in [0.1, 0.15) is 29.8 Å². The lowest BCUT2D eigenvalue weighted by Gasteiger charge is -2.14. The first-order valence-corrected chi connectivity index (χ1v) is 6.67. The van der Waals surface area contributed by atoms with Crippen LogP contribution < -0.4 is 14.8 Å². The van der Waals surface area contributed by atoms with Gasteiger partial charge in [0.2, 0.25) is 0 Å². The molecule has 0 unspecified atom stereocenters. The van der Waals surface area contributed by atoms with Gasteiger partial charge in [-0.15, -0.1) is 6.58 Å². The van der Waals surface area contributed by atoms with Crippen LogP contribution in [-0.2, 0) is 6.42 Å². The fourth-order valence-corrected chi connectivity index (χ4v) is 1.88. The van der Waals surface area contributed by atoms with Crippen molar-refractivity contribution in [3.05, 3.63) is 35.9 Å². The highest BCUT2D eigenvalue weighted by atomic mass is 16.5. The Bertz CT molecular complexity index is 481. The third-order valence-corrected chi connectivity index (χ3v) is 2.85. The Kier molecular flexibility index (Phi) is 6.10. The molecule has 20 heavy (non-hydrogen) atoms. The molecule has 1 amide bonds. The summed E-state index contributed by atoms with van der Waals surface area (Å²) in [4.78, 5) is 12.1. The molecule has 0 aliphatic heterocycles. The van der Waals surface area contributed by atoms with Gasteiger partial charge in [-0.05, 0) is 24.5 Å². The number of hydrogen-bond acceptors (Lipinski definition) is 3. The van der Waals surface area contributed by atoms with Gasteiger partial charge in [0.15, 0.2) is 11.5 Å². The zero-order valence-corrected chi connectivity index (χ0v) is 12.7. The Balaban J connectivity index is 3.11. The van der Waals surface area contributed by atoms with E-state index in [0.717, 1.165) is 5.56 Å². The first-order valence-electron chi connectivity index (χ1n) is 6.67. The van der Waals surface area contributed by atoms with Crippen molar-refractivity contribution in [2.24, 2.45) is 5.92 Å². The number of carbonyl (C=O) groups is 1. The highest BCUT2D eigenvalue weighted by molar-refractivity contribution is 5.95. The molecule has 0 heterocycles. The lowest BCUT2D eigenvalue weighted by atomic mass is 10.0. The monoisotopic (exact) mass is 277 g/mol. The Labute approximate surface area is 120 Å². The average molecular weight is 277 g/mol. The zero-order valence-electron chi connectivity index (χ0n) is 12.7. The summed E-state index contributed by atoms with van der Waals surface area (Å²) in [5.74, 6) is 1.51. The summed E-state index contributed by atoms with van der Waals surface area (Å²) in [7, 11) is 3.15. The predicted octanol–water partition coefficient (Wildman–Crippen LogP) is 2.82. The maximum absolute atomic E-state index is 12.1. The van der Waals surface area contributed by atoms with Gasteiger partial charge in [0, 0.05) is 17.7 Å². The van der Waals surface area contributed by atoms with Crippen LogP contribution in [0.15, 0.2) is 24.8 Å². The third-order valence-electron chi connectivity index (χ3n) is 2.85. The van der Waals surface area contributed by atoms with Gasteiger partial charge in [-0.25, -0.2) is 0 Å². The fraction of sp³-hybridized carbons (Fsp3) is 0.438. The predicted molar refractivity (Wildman–Crippen MR) is 80.6 cm³/mol. The molecule has 0 saturated carbocycles. The van der Waals surface area contributed by atoms with Crippen molar-refractivity contribution in [1.29, 1.82) is 0 Å². The summed E-state index contributed by atoms with van der Waals surface area (Å²) in [5.41, 5.74) is 1.46. The molecule has 1 rings (SSSR count). The third kappa shape index (κ3) is 4.02. The second-order valence-corrected chi connectivity index (χ2v) is 4.97. The number of rotatable bonds is 7. The van der Waals surface area contributed by atoms with E-state index >= 15 is 0 Å². The van der Waals surface area contributed by atoms with Crippen molar-refractivity contribution >= 4 is 5.91 Å². The van der Waals surface area contributed by atoms with Gasteiger partial charge in [0.25, 0.3) is 5.91 Å². The molecule has 0 aromatic heterocycles. The number of nitrogens with one attached hydrogen (secondary N) is 1. The van der Waals surface area contributed by atoms with E-state index in [4.69, 9.17) is 9.47 Å². The van der Waals surface area contributed by atoms with Crippen molar-refractivity contribution < 1.29 is 14.3 Å². The summed E-state index contributed by atoms with van der Waals surface area (Å²) < 4.78 is 10.6. The first-order chi connectivity index (χ1) is 9.53. The molecule has 1 N–H and O–H groups in total. The van der Waals surface area contributed by atoms with Gasteiger partial charge in [-0.3, -0.25) is 4.79 Å². The summed E-state index contributed by atoms with van der Waals surface area (Å²) in [5, 5.41) is 2.90. The number of ether oxygens (including phenoxy) is 2. The second kappa shape index (κ2) is 7.58. The quantitative estimate of drug-likeness (QED) is 0.780. The molecule has 4 nitrogen and oxygen atoms in total. The second-order valence-electron chi connectivity index (χ2n) is 4.97. The fourth-order valence-electron chi connectivity index (χ4n) is 1.88. The molecule has 4 heteroatoms. The molecule has 1 aromatic rings. The molecular weight excluding hydrogens is 254 g/mol. The van der Waals surface area contributed by atoms with Crippen LogP contribution in [0.2, 0.25) is 0 Å².